The molecule has 0 saturated heterocycles. The predicted molar refractivity (Wildman–Crippen MR) is 70.3 cm³/mol. The van der Waals surface area contributed by atoms with Crippen LogP contribution in [0.2, 0.25) is 0 Å². The number of hydrogen-bond acceptors (Lipinski definition) is 5. The van der Waals surface area contributed by atoms with Gasteiger partial charge < -0.3 is 14.7 Å². The molecule has 0 saturated carbocycles. The van der Waals surface area contributed by atoms with Crippen molar-refractivity contribution >= 4 is 5.65 Å². The Bertz CT molecular complexity index is 700. The fourth-order valence-electron chi connectivity index (χ4n) is 1.83. The molecular weight excluding hydrogens is 242 g/mol. The molecule has 3 heterocycles. The zero-order chi connectivity index (χ0) is 13.4. The second-order valence-corrected chi connectivity index (χ2v) is 4.84. The van der Waals surface area contributed by atoms with Crippen molar-refractivity contribution in [3.8, 4) is 11.5 Å². The molecule has 3 aromatic rings. The number of nitrogens with two attached hydrogens (primary N) is 1. The maximum Gasteiger partial charge on any atom is 0.259 e. The molecule has 1 unspecified atom stereocenters. The van der Waals surface area contributed by atoms with Gasteiger partial charge in [0.15, 0.2) is 5.82 Å². The summed E-state index contributed by atoms with van der Waals surface area (Å²) in [7, 11) is 0. The standard InChI is InChI=1S/C13H15N5O/c1-8(2)11(14)12-16-13(19-17-12)9-3-4-10-15-5-6-18(10)7-9/h3-8,11H,14H2,1-2H3. The van der Waals surface area contributed by atoms with Crippen LogP contribution in [0.25, 0.3) is 17.1 Å². The molecule has 0 aromatic carbocycles. The van der Waals surface area contributed by atoms with Crippen LogP contribution >= 0.6 is 0 Å². The van der Waals surface area contributed by atoms with Crippen LogP contribution in [0, 0.1) is 5.92 Å². The van der Waals surface area contributed by atoms with Crippen LogP contribution < -0.4 is 5.73 Å². The Hall–Kier alpha value is -2.21. The Morgan fingerprint density at radius 3 is 2.95 bits per heavy atom. The molecule has 6 heteroatoms. The van der Waals surface area contributed by atoms with Gasteiger partial charge in [-0.2, -0.15) is 4.98 Å². The SMILES string of the molecule is CC(C)C(N)c1noc(-c2ccc3nccn3c2)n1. The van der Waals surface area contributed by atoms with Crippen LogP contribution in [0.1, 0.15) is 25.7 Å². The molecule has 0 aliphatic heterocycles. The first kappa shape index (κ1) is 11.9. The molecule has 98 valence electrons. The molecule has 0 fully saturated rings. The summed E-state index contributed by atoms with van der Waals surface area (Å²) in [5.41, 5.74) is 7.73. The molecule has 3 rings (SSSR count). The maximum atomic E-state index is 6.00. The van der Waals surface area contributed by atoms with Crippen LogP contribution in [-0.2, 0) is 0 Å². The van der Waals surface area contributed by atoms with Gasteiger partial charge in [-0.3, -0.25) is 0 Å². The van der Waals surface area contributed by atoms with Gasteiger partial charge in [0.1, 0.15) is 5.65 Å². The first-order valence-electron chi connectivity index (χ1n) is 6.17. The Kier molecular flexibility index (Phi) is 2.79. The normalized spacial score (nSPS) is 13.3. The van der Waals surface area contributed by atoms with Crippen LogP contribution in [0.4, 0.5) is 0 Å². The highest BCUT2D eigenvalue weighted by atomic mass is 16.5. The summed E-state index contributed by atoms with van der Waals surface area (Å²) in [6, 6.07) is 3.59. The number of nitrogens with zero attached hydrogens (tertiary/aromatic N) is 4. The fraction of sp³-hybridized carbons (Fsp3) is 0.308. The lowest BCUT2D eigenvalue weighted by molar-refractivity contribution is 0.400. The zero-order valence-corrected chi connectivity index (χ0v) is 10.8. The number of fused-ring (bicyclic) bond motifs is 1. The van der Waals surface area contributed by atoms with Gasteiger partial charge in [-0.15, -0.1) is 0 Å². The molecule has 0 aliphatic rings. The van der Waals surface area contributed by atoms with Gasteiger partial charge in [-0.05, 0) is 18.1 Å². The molecular formula is C13H15N5O. The molecule has 0 spiro atoms. The number of hydrogen-bond donors (Lipinski definition) is 1. The third-order valence-electron chi connectivity index (χ3n) is 3.09. The van der Waals surface area contributed by atoms with E-state index in [0.717, 1.165) is 11.2 Å². The summed E-state index contributed by atoms with van der Waals surface area (Å²) in [6.07, 6.45) is 5.52. The van der Waals surface area contributed by atoms with Gasteiger partial charge in [0.2, 0.25) is 0 Å². The van der Waals surface area contributed by atoms with Gasteiger partial charge in [-0.25, -0.2) is 4.98 Å². The first-order valence-corrected chi connectivity index (χ1v) is 6.17. The van der Waals surface area contributed by atoms with E-state index < -0.39 is 0 Å². The van der Waals surface area contributed by atoms with E-state index in [1.807, 2.05) is 42.8 Å². The van der Waals surface area contributed by atoms with Crippen molar-refractivity contribution in [3.05, 3.63) is 36.5 Å². The van der Waals surface area contributed by atoms with Gasteiger partial charge >= 0.3 is 0 Å². The minimum atomic E-state index is -0.213. The summed E-state index contributed by atoms with van der Waals surface area (Å²) in [5.74, 6) is 1.28. The molecule has 6 nitrogen and oxygen atoms in total. The summed E-state index contributed by atoms with van der Waals surface area (Å²) in [5, 5.41) is 3.95. The van der Waals surface area contributed by atoms with E-state index in [0.29, 0.717) is 11.7 Å². The Balaban J connectivity index is 1.97. The van der Waals surface area contributed by atoms with Crippen molar-refractivity contribution in [1.29, 1.82) is 0 Å². The minimum absolute atomic E-state index is 0.213. The van der Waals surface area contributed by atoms with E-state index in [1.54, 1.807) is 6.20 Å². The Morgan fingerprint density at radius 2 is 2.16 bits per heavy atom. The van der Waals surface area contributed by atoms with Gasteiger partial charge in [-0.1, -0.05) is 19.0 Å². The fourth-order valence-corrected chi connectivity index (χ4v) is 1.83. The number of pyridine rings is 1. The largest absolute Gasteiger partial charge is 0.334 e. The van der Waals surface area contributed by atoms with Crippen LogP contribution in [0.5, 0.6) is 0 Å². The lowest BCUT2D eigenvalue weighted by atomic mass is 10.1. The van der Waals surface area contributed by atoms with Gasteiger partial charge in [0.05, 0.1) is 11.6 Å². The molecule has 0 aliphatic carbocycles. The second-order valence-electron chi connectivity index (χ2n) is 4.84. The molecule has 0 amide bonds. The number of rotatable bonds is 3. The lowest BCUT2D eigenvalue weighted by Crippen LogP contribution is -2.18. The van der Waals surface area contributed by atoms with Gasteiger partial charge in [0, 0.05) is 18.6 Å². The number of imidazole rings is 1. The van der Waals surface area contributed by atoms with E-state index in [9.17, 15) is 0 Å². The topological polar surface area (TPSA) is 82.2 Å². The van der Waals surface area contributed by atoms with Crippen molar-refractivity contribution in [2.45, 2.75) is 19.9 Å². The van der Waals surface area contributed by atoms with E-state index in [2.05, 4.69) is 15.1 Å². The third-order valence-corrected chi connectivity index (χ3v) is 3.09. The predicted octanol–water partition coefficient (Wildman–Crippen LogP) is 2.04. The van der Waals surface area contributed by atoms with Crippen molar-refractivity contribution in [2.24, 2.45) is 11.7 Å². The molecule has 0 bridgehead atoms. The van der Waals surface area contributed by atoms with Gasteiger partial charge in [0.25, 0.3) is 5.89 Å². The van der Waals surface area contributed by atoms with E-state index in [4.69, 9.17) is 10.3 Å². The summed E-state index contributed by atoms with van der Waals surface area (Å²) in [4.78, 5) is 8.54. The van der Waals surface area contributed by atoms with Crippen LogP contribution in [-0.4, -0.2) is 19.5 Å². The molecule has 1 atom stereocenters. The lowest BCUT2D eigenvalue weighted by Gasteiger charge is -2.09. The summed E-state index contributed by atoms with van der Waals surface area (Å²) in [6.45, 7) is 4.05. The highest BCUT2D eigenvalue weighted by molar-refractivity contribution is 5.55. The quantitative estimate of drug-likeness (QED) is 0.776. The average molecular weight is 257 g/mol. The van der Waals surface area contributed by atoms with Crippen LogP contribution in [0.15, 0.2) is 35.2 Å². The Labute approximate surface area is 110 Å². The highest BCUT2D eigenvalue weighted by Crippen LogP contribution is 2.21. The molecule has 2 N–H and O–H groups in total. The number of aromatic nitrogens is 4. The average Bonchev–Trinajstić information content (AvgIpc) is 3.05. The zero-order valence-electron chi connectivity index (χ0n) is 10.8. The van der Waals surface area contributed by atoms with Crippen molar-refractivity contribution in [2.75, 3.05) is 0 Å². The van der Waals surface area contributed by atoms with Crippen LogP contribution in [0.3, 0.4) is 0 Å². The van der Waals surface area contributed by atoms with E-state index in [1.165, 1.54) is 0 Å². The van der Waals surface area contributed by atoms with Crippen molar-refractivity contribution in [3.63, 3.8) is 0 Å². The highest BCUT2D eigenvalue weighted by Gasteiger charge is 2.18. The van der Waals surface area contributed by atoms with Crippen molar-refractivity contribution < 1.29 is 4.52 Å². The third kappa shape index (κ3) is 2.10. The maximum absolute atomic E-state index is 6.00. The summed E-state index contributed by atoms with van der Waals surface area (Å²) < 4.78 is 7.18. The minimum Gasteiger partial charge on any atom is -0.334 e. The van der Waals surface area contributed by atoms with E-state index in [-0.39, 0.29) is 12.0 Å². The monoisotopic (exact) mass is 257 g/mol. The summed E-state index contributed by atoms with van der Waals surface area (Å²) >= 11 is 0. The smallest absolute Gasteiger partial charge is 0.259 e. The first-order chi connectivity index (χ1) is 9.15. The second kappa shape index (κ2) is 4.47. The van der Waals surface area contributed by atoms with Crippen molar-refractivity contribution in [1.82, 2.24) is 19.5 Å². The Morgan fingerprint density at radius 1 is 1.32 bits per heavy atom. The van der Waals surface area contributed by atoms with E-state index >= 15 is 0 Å². The molecule has 19 heavy (non-hydrogen) atoms. The molecule has 0 radical (unpaired) electrons. The molecule has 3 aromatic heterocycles.